The number of carboxylic acids is 1. The molecule has 9 heteroatoms. The third-order valence-corrected chi connectivity index (χ3v) is 5.64. The Morgan fingerprint density at radius 3 is 2.29 bits per heavy atom. The highest BCUT2D eigenvalue weighted by Crippen LogP contribution is 2.10. The van der Waals surface area contributed by atoms with Crippen molar-refractivity contribution in [1.82, 2.24) is 10.6 Å². The van der Waals surface area contributed by atoms with Crippen molar-refractivity contribution in [1.29, 1.82) is 0 Å². The van der Waals surface area contributed by atoms with Gasteiger partial charge in [0.2, 0.25) is 5.91 Å². The first-order chi connectivity index (χ1) is 14.6. The normalized spacial score (nSPS) is 13.7. The maximum Gasteiger partial charge on any atom is 0.408 e. The molecule has 0 fully saturated rings. The van der Waals surface area contributed by atoms with Gasteiger partial charge in [-0.25, -0.2) is 4.79 Å². The van der Waals surface area contributed by atoms with E-state index in [1.54, 1.807) is 19.1 Å². The largest absolute Gasteiger partial charge is 0.548 e. The molecular weight excluding hydrogens is 420 g/mol. The van der Waals surface area contributed by atoms with Crippen molar-refractivity contribution in [2.45, 2.75) is 51.8 Å². The van der Waals surface area contributed by atoms with Crippen LogP contribution in [0.1, 0.15) is 38.7 Å². The second-order valence-corrected chi connectivity index (χ2v) is 9.92. The van der Waals surface area contributed by atoms with Gasteiger partial charge in [-0.2, -0.15) is 0 Å². The molecule has 3 unspecified atom stereocenters. The van der Waals surface area contributed by atoms with Crippen LogP contribution >= 0.6 is 0 Å². The summed E-state index contributed by atoms with van der Waals surface area (Å²) in [5.41, 5.74) is 0.797. The Balaban J connectivity index is 2.70. The molecule has 31 heavy (non-hydrogen) atoms. The van der Waals surface area contributed by atoms with Crippen molar-refractivity contribution in [2.75, 3.05) is 18.3 Å². The Kier molecular flexibility index (Phi) is 11.7. The van der Waals surface area contributed by atoms with Crippen molar-refractivity contribution >= 4 is 34.6 Å². The molecule has 1 aromatic rings. The van der Waals surface area contributed by atoms with Crippen LogP contribution in [-0.2, 0) is 36.6 Å². The molecule has 0 bridgehead atoms. The lowest BCUT2D eigenvalue weighted by atomic mass is 9.98. The Morgan fingerprint density at radius 1 is 1.10 bits per heavy atom. The molecule has 0 aliphatic carbocycles. The average molecular weight is 453 g/mol. The smallest absolute Gasteiger partial charge is 0.408 e. The summed E-state index contributed by atoms with van der Waals surface area (Å²) >= 11 is 0. The van der Waals surface area contributed by atoms with Gasteiger partial charge < -0.3 is 25.3 Å². The SMILES string of the molecule is CCC(C)C(NC(=O)OCc1ccccc1)C(=O)NC(CCC(=O)C[S+](C)C)C(=O)[O-]. The molecule has 2 amide bonds. The van der Waals surface area contributed by atoms with Gasteiger partial charge in [-0.05, 0) is 28.8 Å². The molecule has 0 aromatic heterocycles. The first kappa shape index (κ1) is 26.5. The number of carbonyl (C=O) groups is 4. The van der Waals surface area contributed by atoms with Gasteiger partial charge in [-0.15, -0.1) is 0 Å². The minimum Gasteiger partial charge on any atom is -0.548 e. The van der Waals surface area contributed by atoms with Crippen LogP contribution in [0.25, 0.3) is 0 Å². The van der Waals surface area contributed by atoms with E-state index in [4.69, 9.17) is 4.74 Å². The number of aliphatic carboxylic acids is 1. The highest BCUT2D eigenvalue weighted by molar-refractivity contribution is 7.96. The zero-order valence-corrected chi connectivity index (χ0v) is 19.3. The molecule has 1 aromatic carbocycles. The van der Waals surface area contributed by atoms with E-state index in [1.807, 2.05) is 37.6 Å². The Bertz CT molecular complexity index is 741. The molecule has 2 N–H and O–H groups in total. The zero-order chi connectivity index (χ0) is 23.4. The topological polar surface area (TPSA) is 125 Å². The van der Waals surface area contributed by atoms with E-state index in [-0.39, 0.29) is 42.0 Å². The summed E-state index contributed by atoms with van der Waals surface area (Å²) in [4.78, 5) is 48.3. The Labute approximate surface area is 186 Å². The number of amides is 2. The minimum absolute atomic E-state index is 0.0324. The van der Waals surface area contributed by atoms with E-state index in [2.05, 4.69) is 10.6 Å². The van der Waals surface area contributed by atoms with E-state index in [9.17, 15) is 24.3 Å². The fraction of sp³-hybridized carbons (Fsp3) is 0.545. The molecule has 3 atom stereocenters. The molecule has 8 nitrogen and oxygen atoms in total. The summed E-state index contributed by atoms with van der Waals surface area (Å²) in [5, 5.41) is 16.4. The predicted molar refractivity (Wildman–Crippen MR) is 118 cm³/mol. The first-order valence-electron chi connectivity index (χ1n) is 10.2. The van der Waals surface area contributed by atoms with E-state index >= 15 is 0 Å². The van der Waals surface area contributed by atoms with Gasteiger partial charge in [0.05, 0.1) is 24.5 Å². The summed E-state index contributed by atoms with van der Waals surface area (Å²) < 4.78 is 5.17. The van der Waals surface area contributed by atoms with Crippen molar-refractivity contribution < 1.29 is 29.0 Å². The number of Topliss-reactive ketones (excluding diaryl/α,β-unsaturated/α-hetero) is 1. The first-order valence-corrected chi connectivity index (χ1v) is 12.4. The van der Waals surface area contributed by atoms with E-state index in [1.165, 1.54) is 0 Å². The van der Waals surface area contributed by atoms with E-state index in [0.29, 0.717) is 12.2 Å². The predicted octanol–water partition coefficient (Wildman–Crippen LogP) is 0.789. The lowest BCUT2D eigenvalue weighted by molar-refractivity contribution is -0.308. The number of hydrogen-bond donors (Lipinski definition) is 2. The summed E-state index contributed by atoms with van der Waals surface area (Å²) in [6.45, 7) is 3.66. The highest BCUT2D eigenvalue weighted by atomic mass is 32.2. The maximum absolute atomic E-state index is 12.7. The number of carbonyl (C=O) groups excluding carboxylic acids is 4. The highest BCUT2D eigenvalue weighted by Gasteiger charge is 2.29. The molecule has 0 heterocycles. The minimum atomic E-state index is -1.47. The van der Waals surface area contributed by atoms with Crippen molar-refractivity contribution in [3.8, 4) is 0 Å². The van der Waals surface area contributed by atoms with Crippen LogP contribution in [0.2, 0.25) is 0 Å². The van der Waals surface area contributed by atoms with Gasteiger partial charge in [0.15, 0.2) is 11.5 Å². The van der Waals surface area contributed by atoms with E-state index in [0.717, 1.165) is 5.56 Å². The van der Waals surface area contributed by atoms with Gasteiger partial charge in [0.1, 0.15) is 12.6 Å². The molecule has 0 saturated carbocycles. The van der Waals surface area contributed by atoms with Crippen LogP contribution in [0, 0.1) is 5.92 Å². The zero-order valence-electron chi connectivity index (χ0n) is 18.5. The van der Waals surface area contributed by atoms with Gasteiger partial charge in [0.25, 0.3) is 0 Å². The second kappa shape index (κ2) is 13.7. The average Bonchev–Trinajstić information content (AvgIpc) is 2.72. The number of nitrogens with one attached hydrogen (secondary N) is 2. The molecule has 172 valence electrons. The number of ketones is 1. The third-order valence-electron chi connectivity index (χ3n) is 4.74. The molecule has 0 saturated heterocycles. The quantitative estimate of drug-likeness (QED) is 0.426. The molecule has 0 aliphatic rings. The molecular formula is C22H32N2O6S. The third kappa shape index (κ3) is 10.3. The number of hydrogen-bond acceptors (Lipinski definition) is 6. The Hall–Kier alpha value is -2.55. The van der Waals surface area contributed by atoms with Crippen LogP contribution in [0.5, 0.6) is 0 Å². The van der Waals surface area contributed by atoms with Crippen molar-refractivity contribution in [3.63, 3.8) is 0 Å². The lowest BCUT2D eigenvalue weighted by Gasteiger charge is -2.27. The van der Waals surface area contributed by atoms with Gasteiger partial charge in [-0.1, -0.05) is 50.6 Å². The fourth-order valence-corrected chi connectivity index (χ4v) is 3.59. The molecule has 0 spiro atoms. The van der Waals surface area contributed by atoms with Crippen LogP contribution in [0.4, 0.5) is 4.79 Å². The van der Waals surface area contributed by atoms with Crippen molar-refractivity contribution in [2.24, 2.45) is 5.92 Å². The summed E-state index contributed by atoms with van der Waals surface area (Å²) in [6, 6.07) is 6.78. The number of carboxylic acid groups (broad SMARTS) is 1. The number of alkyl carbamates (subject to hydrolysis) is 1. The number of ether oxygens (including phenoxy) is 1. The molecule has 0 aliphatic heterocycles. The van der Waals surface area contributed by atoms with Crippen LogP contribution in [0.3, 0.4) is 0 Å². The van der Waals surface area contributed by atoms with Crippen LogP contribution in [-0.4, -0.2) is 54.1 Å². The van der Waals surface area contributed by atoms with Gasteiger partial charge >= 0.3 is 6.09 Å². The van der Waals surface area contributed by atoms with Crippen LogP contribution < -0.4 is 15.7 Å². The number of benzene rings is 1. The van der Waals surface area contributed by atoms with Crippen LogP contribution in [0.15, 0.2) is 30.3 Å². The maximum atomic E-state index is 12.7. The monoisotopic (exact) mass is 452 g/mol. The second-order valence-electron chi connectivity index (χ2n) is 7.66. The molecule has 0 radical (unpaired) electrons. The summed E-state index contributed by atoms with van der Waals surface area (Å²) in [5.74, 6) is -2.08. The van der Waals surface area contributed by atoms with Gasteiger partial charge in [0, 0.05) is 6.42 Å². The van der Waals surface area contributed by atoms with E-state index < -0.39 is 30.1 Å². The summed E-state index contributed by atoms with van der Waals surface area (Å²) in [6.07, 6.45) is 3.62. The molecule has 1 rings (SSSR count). The van der Waals surface area contributed by atoms with Gasteiger partial charge in [-0.3, -0.25) is 9.59 Å². The standard InChI is InChI=1S/C22H32N2O6S/c1-5-15(2)19(24-22(29)30-13-16-9-7-6-8-10-16)20(26)23-18(21(27)28)12-11-17(25)14-31(3)4/h6-10,15,18-19H,5,11-14H2,1-4H3,(H2-,23,24,26,27,28,29). The Morgan fingerprint density at radius 2 is 1.74 bits per heavy atom. The lowest BCUT2D eigenvalue weighted by Crippen LogP contribution is -2.56. The van der Waals surface area contributed by atoms with Crippen molar-refractivity contribution in [3.05, 3.63) is 35.9 Å². The number of rotatable bonds is 13. The summed E-state index contributed by atoms with van der Waals surface area (Å²) in [7, 11) is -0.0807. The fourth-order valence-electron chi connectivity index (χ4n) is 2.80.